The number of ether oxygens (including phenoxy) is 4. The van der Waals surface area contributed by atoms with Crippen LogP contribution >= 0.6 is 0 Å². The van der Waals surface area contributed by atoms with E-state index >= 15 is 0 Å². The van der Waals surface area contributed by atoms with Crippen molar-refractivity contribution >= 4 is 5.97 Å². The van der Waals surface area contributed by atoms with Gasteiger partial charge in [-0.2, -0.15) is 5.26 Å². The summed E-state index contributed by atoms with van der Waals surface area (Å²) >= 11 is 0. The normalized spacial score (nSPS) is 15.1. The van der Waals surface area contributed by atoms with E-state index in [1.165, 1.54) is 31.2 Å². The Hall–Kier alpha value is -4.51. The molecule has 0 bridgehead atoms. The summed E-state index contributed by atoms with van der Waals surface area (Å²) in [5.74, 6) is 0.00406. The Morgan fingerprint density at radius 2 is 1.82 bits per heavy atom. The average molecular weight is 517 g/mol. The maximum atomic E-state index is 13.1. The highest BCUT2D eigenvalue weighted by molar-refractivity contribution is 5.77. The van der Waals surface area contributed by atoms with Crippen molar-refractivity contribution in [2.24, 2.45) is 5.73 Å². The van der Waals surface area contributed by atoms with Gasteiger partial charge in [-0.05, 0) is 49.7 Å². The Morgan fingerprint density at radius 3 is 2.55 bits per heavy atom. The molecule has 8 heteroatoms. The zero-order valence-electron chi connectivity index (χ0n) is 21.3. The maximum Gasteiger partial charge on any atom is 0.352 e. The molecule has 7 nitrogen and oxygen atoms in total. The summed E-state index contributed by atoms with van der Waals surface area (Å²) in [5.41, 5.74) is 7.91. The lowest BCUT2D eigenvalue weighted by Gasteiger charge is -2.28. The molecule has 0 aromatic heterocycles. The fourth-order valence-corrected chi connectivity index (χ4v) is 4.17. The van der Waals surface area contributed by atoms with Crippen LogP contribution in [0.25, 0.3) is 0 Å². The fourth-order valence-electron chi connectivity index (χ4n) is 4.17. The molecule has 196 valence electrons. The van der Waals surface area contributed by atoms with Gasteiger partial charge in [-0.15, -0.1) is 0 Å². The van der Waals surface area contributed by atoms with Crippen LogP contribution in [0.3, 0.4) is 0 Å². The number of nitrogens with zero attached hydrogens (tertiary/aromatic N) is 1. The number of halogens is 1. The van der Waals surface area contributed by atoms with E-state index in [-0.39, 0.29) is 17.2 Å². The second-order valence-electron chi connectivity index (χ2n) is 8.85. The third-order valence-electron chi connectivity index (χ3n) is 6.10. The summed E-state index contributed by atoms with van der Waals surface area (Å²) in [7, 11) is 0. The van der Waals surface area contributed by atoms with Gasteiger partial charge in [-0.1, -0.05) is 44.0 Å². The molecule has 1 heterocycles. The molecule has 2 atom stereocenters. The molecule has 38 heavy (non-hydrogen) atoms. The van der Waals surface area contributed by atoms with E-state index in [1.807, 2.05) is 24.3 Å². The minimum absolute atomic E-state index is 0.0257. The molecular weight excluding hydrogens is 487 g/mol. The van der Waals surface area contributed by atoms with Crippen molar-refractivity contribution in [2.45, 2.75) is 45.1 Å². The largest absolute Gasteiger partial charge is 0.493 e. The van der Waals surface area contributed by atoms with Gasteiger partial charge in [0.05, 0.1) is 12.5 Å². The summed E-state index contributed by atoms with van der Waals surface area (Å²) in [4.78, 5) is 12.6. The first-order valence-electron chi connectivity index (χ1n) is 12.5. The molecule has 3 aromatic rings. The Kier molecular flexibility index (Phi) is 8.49. The van der Waals surface area contributed by atoms with Gasteiger partial charge < -0.3 is 24.7 Å². The number of allylic oxidation sites excluding steroid dienone is 1. The molecule has 0 spiro atoms. The zero-order chi connectivity index (χ0) is 27.1. The Balaban J connectivity index is 1.57. The molecule has 0 saturated carbocycles. The number of esters is 1. The van der Waals surface area contributed by atoms with Gasteiger partial charge in [0, 0.05) is 17.2 Å². The molecule has 0 amide bonds. The van der Waals surface area contributed by atoms with Crippen molar-refractivity contribution in [1.82, 2.24) is 0 Å². The second-order valence-corrected chi connectivity index (χ2v) is 8.85. The predicted octanol–water partition coefficient (Wildman–Crippen LogP) is 5.99. The summed E-state index contributed by atoms with van der Waals surface area (Å²) in [6, 6.07) is 20.0. The number of unbranched alkanes of at least 4 members (excludes halogenated alkanes) is 2. The van der Waals surface area contributed by atoms with Gasteiger partial charge >= 0.3 is 5.97 Å². The molecule has 2 unspecified atom stereocenters. The smallest absolute Gasteiger partial charge is 0.352 e. The highest BCUT2D eigenvalue weighted by Crippen LogP contribution is 2.46. The number of benzene rings is 3. The Bertz CT molecular complexity index is 1360. The van der Waals surface area contributed by atoms with Gasteiger partial charge in [0.1, 0.15) is 40.5 Å². The van der Waals surface area contributed by atoms with Crippen molar-refractivity contribution in [3.63, 3.8) is 0 Å². The molecule has 0 fully saturated rings. The van der Waals surface area contributed by atoms with Crippen LogP contribution in [0, 0.1) is 17.1 Å². The summed E-state index contributed by atoms with van der Waals surface area (Å²) in [6.07, 6.45) is 2.13. The van der Waals surface area contributed by atoms with E-state index in [9.17, 15) is 14.4 Å². The minimum Gasteiger partial charge on any atom is -0.493 e. The first-order valence-corrected chi connectivity index (χ1v) is 12.5. The zero-order valence-corrected chi connectivity index (χ0v) is 21.3. The highest BCUT2D eigenvalue weighted by atomic mass is 19.1. The number of hydrogen-bond donors (Lipinski definition) is 1. The monoisotopic (exact) mass is 516 g/mol. The predicted molar refractivity (Wildman–Crippen MR) is 139 cm³/mol. The standard InChI is InChI=1S/C30H29FN2O5/c1-3-4-7-16-35-26-9-6-5-8-23(26)28-24-15-14-22(17-27(24)38-29(33)25(28)18-32)37-30(34)19(2)36-21-12-10-20(31)11-13-21/h5-6,8-15,17,19,28H,3-4,7,16,33H2,1-2H3. The molecule has 4 rings (SSSR count). The van der Waals surface area contributed by atoms with E-state index in [0.717, 1.165) is 24.8 Å². The van der Waals surface area contributed by atoms with Crippen LogP contribution in [0.1, 0.15) is 50.2 Å². The number of rotatable bonds is 10. The number of nitriles is 1. The third kappa shape index (κ3) is 6.06. The van der Waals surface area contributed by atoms with Gasteiger partial charge in [0.25, 0.3) is 0 Å². The lowest BCUT2D eigenvalue weighted by atomic mass is 9.83. The summed E-state index contributed by atoms with van der Waals surface area (Å²) in [5, 5.41) is 9.91. The molecular formula is C30H29FN2O5. The molecule has 3 aromatic carbocycles. The Morgan fingerprint density at radius 1 is 1.08 bits per heavy atom. The van der Waals surface area contributed by atoms with Gasteiger partial charge in [-0.25, -0.2) is 9.18 Å². The average Bonchev–Trinajstić information content (AvgIpc) is 2.91. The molecule has 1 aliphatic heterocycles. The first kappa shape index (κ1) is 26.6. The van der Waals surface area contributed by atoms with E-state index < -0.39 is 23.8 Å². The SMILES string of the molecule is CCCCCOc1ccccc1C1C(C#N)=C(N)Oc2cc(OC(=O)C(C)Oc3ccc(F)cc3)ccc21. The quantitative estimate of drug-likeness (QED) is 0.201. The van der Waals surface area contributed by atoms with E-state index in [0.29, 0.717) is 29.4 Å². The van der Waals surface area contributed by atoms with Crippen LogP contribution in [0.4, 0.5) is 4.39 Å². The van der Waals surface area contributed by atoms with Crippen LogP contribution in [0.2, 0.25) is 0 Å². The van der Waals surface area contributed by atoms with Crippen molar-refractivity contribution < 1.29 is 28.1 Å². The third-order valence-corrected chi connectivity index (χ3v) is 6.10. The topological polar surface area (TPSA) is 104 Å². The van der Waals surface area contributed by atoms with Crippen molar-refractivity contribution in [3.8, 4) is 29.1 Å². The minimum atomic E-state index is -0.947. The van der Waals surface area contributed by atoms with Crippen molar-refractivity contribution in [2.75, 3.05) is 6.61 Å². The van der Waals surface area contributed by atoms with Crippen LogP contribution in [-0.2, 0) is 4.79 Å². The first-order chi connectivity index (χ1) is 18.4. The fraction of sp³-hybridized carbons (Fsp3) is 0.267. The van der Waals surface area contributed by atoms with Crippen LogP contribution in [0.5, 0.6) is 23.0 Å². The van der Waals surface area contributed by atoms with Crippen LogP contribution in [0.15, 0.2) is 78.2 Å². The second kappa shape index (κ2) is 12.2. The van der Waals surface area contributed by atoms with Gasteiger partial charge in [-0.3, -0.25) is 0 Å². The van der Waals surface area contributed by atoms with E-state index in [1.54, 1.807) is 18.2 Å². The lowest BCUT2D eigenvalue weighted by molar-refractivity contribution is -0.141. The van der Waals surface area contributed by atoms with Crippen molar-refractivity contribution in [3.05, 3.63) is 95.1 Å². The lowest BCUT2D eigenvalue weighted by Crippen LogP contribution is -2.28. The molecule has 0 radical (unpaired) electrons. The highest BCUT2D eigenvalue weighted by Gasteiger charge is 2.33. The maximum absolute atomic E-state index is 13.1. The number of carbonyl (C=O) groups excluding carboxylic acids is 1. The van der Waals surface area contributed by atoms with E-state index in [4.69, 9.17) is 24.7 Å². The number of carbonyl (C=O) groups is 1. The van der Waals surface area contributed by atoms with Gasteiger partial charge in [0.15, 0.2) is 6.10 Å². The van der Waals surface area contributed by atoms with Gasteiger partial charge in [0.2, 0.25) is 5.88 Å². The number of fused-ring (bicyclic) bond motifs is 1. The molecule has 2 N–H and O–H groups in total. The van der Waals surface area contributed by atoms with Crippen LogP contribution < -0.4 is 24.7 Å². The number of para-hydroxylation sites is 1. The van der Waals surface area contributed by atoms with Crippen LogP contribution in [-0.4, -0.2) is 18.7 Å². The van der Waals surface area contributed by atoms with Crippen molar-refractivity contribution in [1.29, 1.82) is 5.26 Å². The number of nitrogens with two attached hydrogens (primary N) is 1. The molecule has 0 saturated heterocycles. The summed E-state index contributed by atoms with van der Waals surface area (Å²) < 4.78 is 36.0. The Labute approximate surface area is 221 Å². The van der Waals surface area contributed by atoms with E-state index in [2.05, 4.69) is 13.0 Å². The number of hydrogen-bond acceptors (Lipinski definition) is 7. The summed E-state index contributed by atoms with van der Waals surface area (Å²) in [6.45, 7) is 4.23. The molecule has 0 aliphatic carbocycles. The molecule has 1 aliphatic rings.